The van der Waals surface area contributed by atoms with E-state index >= 15 is 0 Å². The Hall–Kier alpha value is -3.30. The van der Waals surface area contributed by atoms with Crippen LogP contribution in [0.5, 0.6) is 17.2 Å². The number of amides is 2. The highest BCUT2D eigenvalue weighted by Crippen LogP contribution is 2.38. The molecule has 178 valence electrons. The van der Waals surface area contributed by atoms with Gasteiger partial charge in [0.1, 0.15) is 0 Å². The lowest BCUT2D eigenvalue weighted by Crippen LogP contribution is -2.45. The Morgan fingerprint density at radius 1 is 0.970 bits per heavy atom. The first-order chi connectivity index (χ1) is 16.1. The van der Waals surface area contributed by atoms with Gasteiger partial charge in [-0.05, 0) is 17.7 Å². The fourth-order valence-corrected chi connectivity index (χ4v) is 3.77. The third kappa shape index (κ3) is 6.36. The van der Waals surface area contributed by atoms with Crippen LogP contribution in [-0.4, -0.2) is 77.4 Å². The van der Waals surface area contributed by atoms with Gasteiger partial charge >= 0.3 is 0 Å². The number of carbonyl (C=O) groups is 2. The van der Waals surface area contributed by atoms with E-state index in [4.69, 9.17) is 18.9 Å². The molecule has 2 N–H and O–H groups in total. The quantitative estimate of drug-likeness (QED) is 0.560. The summed E-state index contributed by atoms with van der Waals surface area (Å²) in [6.07, 6.45) is 0. The van der Waals surface area contributed by atoms with E-state index in [1.165, 1.54) is 21.3 Å². The van der Waals surface area contributed by atoms with Crippen LogP contribution in [0.3, 0.4) is 0 Å². The lowest BCUT2D eigenvalue weighted by molar-refractivity contribution is -0.120. The van der Waals surface area contributed by atoms with Crippen molar-refractivity contribution in [3.05, 3.63) is 53.6 Å². The second-order valence-electron chi connectivity index (χ2n) is 7.48. The molecule has 0 spiro atoms. The topological polar surface area (TPSA) is 98.4 Å². The number of morpholine rings is 1. The van der Waals surface area contributed by atoms with Gasteiger partial charge < -0.3 is 29.6 Å². The number of methoxy groups -OCH3 is 3. The number of nitrogens with zero attached hydrogens (tertiary/aromatic N) is 1. The first-order valence-corrected chi connectivity index (χ1v) is 10.8. The van der Waals surface area contributed by atoms with Gasteiger partial charge in [0.05, 0.1) is 47.1 Å². The number of hydrogen-bond donors (Lipinski definition) is 2. The molecule has 0 aromatic heterocycles. The first-order valence-electron chi connectivity index (χ1n) is 10.8. The molecule has 0 aliphatic carbocycles. The van der Waals surface area contributed by atoms with Gasteiger partial charge in [-0.1, -0.05) is 30.3 Å². The summed E-state index contributed by atoms with van der Waals surface area (Å²) in [6, 6.07) is 13.2. The number of hydrogen-bond acceptors (Lipinski definition) is 7. The predicted octanol–water partition coefficient (Wildman–Crippen LogP) is 1.63. The molecule has 0 unspecified atom stereocenters. The largest absolute Gasteiger partial charge is 0.493 e. The van der Waals surface area contributed by atoms with Crippen molar-refractivity contribution in [2.45, 2.75) is 6.04 Å². The summed E-state index contributed by atoms with van der Waals surface area (Å²) >= 11 is 0. The van der Waals surface area contributed by atoms with Crippen LogP contribution in [-0.2, 0) is 9.53 Å². The second-order valence-corrected chi connectivity index (χ2v) is 7.48. The smallest absolute Gasteiger partial charge is 0.251 e. The van der Waals surface area contributed by atoms with Crippen LogP contribution in [0, 0.1) is 0 Å². The predicted molar refractivity (Wildman–Crippen MR) is 123 cm³/mol. The highest BCUT2D eigenvalue weighted by Gasteiger charge is 2.23. The molecule has 2 amide bonds. The summed E-state index contributed by atoms with van der Waals surface area (Å²) in [6.45, 7) is 3.22. The van der Waals surface area contributed by atoms with Gasteiger partial charge in [-0.2, -0.15) is 0 Å². The molecule has 2 aromatic carbocycles. The van der Waals surface area contributed by atoms with Crippen molar-refractivity contribution in [3.63, 3.8) is 0 Å². The zero-order valence-corrected chi connectivity index (χ0v) is 19.3. The van der Waals surface area contributed by atoms with Crippen LogP contribution in [0.15, 0.2) is 42.5 Å². The number of rotatable bonds is 10. The minimum Gasteiger partial charge on any atom is -0.493 e. The monoisotopic (exact) mass is 457 g/mol. The molecule has 2 aromatic rings. The summed E-state index contributed by atoms with van der Waals surface area (Å²) in [7, 11) is 4.44. The van der Waals surface area contributed by atoms with Crippen LogP contribution in [0.4, 0.5) is 0 Å². The van der Waals surface area contributed by atoms with Crippen molar-refractivity contribution in [2.24, 2.45) is 0 Å². The summed E-state index contributed by atoms with van der Waals surface area (Å²) in [5.41, 5.74) is 1.42. The normalized spacial score (nSPS) is 14.8. The van der Waals surface area contributed by atoms with Gasteiger partial charge in [-0.15, -0.1) is 0 Å². The molecule has 1 aliphatic rings. The number of nitrogens with one attached hydrogen (secondary N) is 2. The van der Waals surface area contributed by atoms with E-state index in [2.05, 4.69) is 27.7 Å². The Morgan fingerprint density at radius 2 is 1.61 bits per heavy atom. The van der Waals surface area contributed by atoms with Gasteiger partial charge in [-0.25, -0.2) is 0 Å². The molecule has 0 radical (unpaired) electrons. The minimum atomic E-state index is -0.419. The summed E-state index contributed by atoms with van der Waals surface area (Å²) in [4.78, 5) is 27.4. The molecule has 1 fully saturated rings. The Morgan fingerprint density at radius 3 is 2.18 bits per heavy atom. The highest BCUT2D eigenvalue weighted by molar-refractivity contribution is 5.97. The highest BCUT2D eigenvalue weighted by atomic mass is 16.5. The van der Waals surface area contributed by atoms with E-state index in [0.717, 1.165) is 18.7 Å². The molecule has 33 heavy (non-hydrogen) atoms. The van der Waals surface area contributed by atoms with Crippen LogP contribution in [0.1, 0.15) is 22.0 Å². The van der Waals surface area contributed by atoms with Crippen molar-refractivity contribution in [1.29, 1.82) is 0 Å². The summed E-state index contributed by atoms with van der Waals surface area (Å²) < 4.78 is 21.3. The van der Waals surface area contributed by atoms with Crippen LogP contribution in [0.2, 0.25) is 0 Å². The molecule has 1 aliphatic heterocycles. The third-order valence-electron chi connectivity index (χ3n) is 5.50. The van der Waals surface area contributed by atoms with E-state index in [1.54, 1.807) is 12.1 Å². The maximum Gasteiger partial charge on any atom is 0.251 e. The van der Waals surface area contributed by atoms with Crippen LogP contribution < -0.4 is 24.8 Å². The van der Waals surface area contributed by atoms with Gasteiger partial charge in [0.25, 0.3) is 5.91 Å². The molecule has 9 heteroatoms. The summed E-state index contributed by atoms with van der Waals surface area (Å²) in [5.74, 6) is 0.428. The maximum atomic E-state index is 12.6. The van der Waals surface area contributed by atoms with Crippen LogP contribution >= 0.6 is 0 Å². The molecule has 1 heterocycles. The second kappa shape index (κ2) is 12.1. The van der Waals surface area contributed by atoms with Crippen molar-refractivity contribution < 1.29 is 28.5 Å². The molecular weight excluding hydrogens is 426 g/mol. The lowest BCUT2D eigenvalue weighted by Gasteiger charge is -2.35. The Labute approximate surface area is 193 Å². The lowest BCUT2D eigenvalue weighted by atomic mass is 10.0. The Bertz CT molecular complexity index is 906. The van der Waals surface area contributed by atoms with Gasteiger partial charge in [0.15, 0.2) is 11.5 Å². The fraction of sp³-hybridized carbons (Fsp3) is 0.417. The molecular formula is C24H31N3O6. The number of carbonyl (C=O) groups excluding carboxylic acids is 2. The fourth-order valence-electron chi connectivity index (χ4n) is 3.77. The van der Waals surface area contributed by atoms with E-state index < -0.39 is 5.91 Å². The molecule has 1 saturated heterocycles. The van der Waals surface area contributed by atoms with Gasteiger partial charge in [0.2, 0.25) is 11.7 Å². The molecule has 3 rings (SSSR count). The van der Waals surface area contributed by atoms with Crippen molar-refractivity contribution in [2.75, 3.05) is 60.7 Å². The van der Waals surface area contributed by atoms with E-state index in [1.807, 2.05) is 18.2 Å². The van der Waals surface area contributed by atoms with Gasteiger partial charge in [-0.3, -0.25) is 14.5 Å². The van der Waals surface area contributed by atoms with E-state index in [0.29, 0.717) is 42.6 Å². The number of benzene rings is 2. The molecule has 0 bridgehead atoms. The third-order valence-corrected chi connectivity index (χ3v) is 5.50. The van der Waals surface area contributed by atoms with Gasteiger partial charge in [0, 0.05) is 25.2 Å². The van der Waals surface area contributed by atoms with E-state index in [-0.39, 0.29) is 18.5 Å². The molecule has 0 saturated carbocycles. The number of ether oxygens (including phenoxy) is 4. The maximum absolute atomic E-state index is 12.6. The Balaban J connectivity index is 1.59. The average Bonchev–Trinajstić information content (AvgIpc) is 2.87. The Kier molecular flexibility index (Phi) is 8.91. The van der Waals surface area contributed by atoms with Crippen LogP contribution in [0.25, 0.3) is 0 Å². The summed E-state index contributed by atoms with van der Waals surface area (Å²) in [5, 5.41) is 5.59. The first kappa shape index (κ1) is 24.3. The van der Waals surface area contributed by atoms with Crippen molar-refractivity contribution in [3.8, 4) is 17.2 Å². The molecule has 1 atom stereocenters. The standard InChI is InChI=1S/C24H31N3O6/c1-30-20-13-18(14-21(31-2)23(20)32-3)24(29)26-16-22(28)25-15-19(17-7-5-4-6-8-17)27-9-11-33-12-10-27/h4-8,13-14,19H,9-12,15-16H2,1-3H3,(H,25,28)(H,26,29)/t19-/m0/s1. The molecule has 9 nitrogen and oxygen atoms in total. The average molecular weight is 458 g/mol. The van der Waals surface area contributed by atoms with E-state index in [9.17, 15) is 9.59 Å². The minimum absolute atomic E-state index is 0.0323. The van der Waals surface area contributed by atoms with Crippen molar-refractivity contribution >= 4 is 11.8 Å². The zero-order chi connectivity index (χ0) is 23.6. The SMILES string of the molecule is COc1cc(C(=O)NCC(=O)NC[C@@H](c2ccccc2)N2CCOCC2)cc(OC)c1OC. The van der Waals surface area contributed by atoms with Crippen molar-refractivity contribution in [1.82, 2.24) is 15.5 Å². The zero-order valence-electron chi connectivity index (χ0n) is 19.3.